The molecular weight excluding hydrogens is 328 g/mol. The normalized spacial score (nSPS) is 21.9. The second-order valence-electron chi connectivity index (χ2n) is 7.86. The number of ketones is 1. The first-order valence-corrected chi connectivity index (χ1v) is 9.73. The topological polar surface area (TPSA) is 74.6 Å². The lowest BCUT2D eigenvalue weighted by molar-refractivity contribution is -0.137. The predicted octanol–water partition coefficient (Wildman–Crippen LogP) is 4.69. The highest BCUT2D eigenvalue weighted by atomic mass is 16.4. The van der Waals surface area contributed by atoms with E-state index in [1.165, 1.54) is 0 Å². The fourth-order valence-electron chi connectivity index (χ4n) is 3.13. The molecule has 0 heterocycles. The maximum absolute atomic E-state index is 12.1. The molecule has 2 N–H and O–H groups in total. The Balaban J connectivity index is 2.54. The zero-order valence-electron chi connectivity index (χ0n) is 16.4. The number of hydrogen-bond acceptors (Lipinski definition) is 3. The molecule has 0 aromatic heterocycles. The van der Waals surface area contributed by atoms with E-state index in [9.17, 15) is 14.7 Å². The van der Waals surface area contributed by atoms with Crippen LogP contribution in [-0.4, -0.2) is 28.1 Å². The summed E-state index contributed by atoms with van der Waals surface area (Å²) in [6.07, 6.45) is 16.1. The third-order valence-electron chi connectivity index (χ3n) is 5.12. The van der Waals surface area contributed by atoms with Crippen molar-refractivity contribution in [2.24, 2.45) is 17.3 Å². The van der Waals surface area contributed by atoms with Gasteiger partial charge in [-0.3, -0.25) is 9.59 Å². The molecule has 0 aliphatic heterocycles. The second-order valence-corrected chi connectivity index (χ2v) is 7.86. The van der Waals surface area contributed by atoms with Crippen molar-refractivity contribution in [3.05, 3.63) is 36.5 Å². The van der Waals surface area contributed by atoms with Crippen molar-refractivity contribution in [1.29, 1.82) is 0 Å². The van der Waals surface area contributed by atoms with Crippen LogP contribution in [0.1, 0.15) is 65.7 Å². The van der Waals surface area contributed by atoms with Crippen molar-refractivity contribution in [3.63, 3.8) is 0 Å². The van der Waals surface area contributed by atoms with Gasteiger partial charge in [0.15, 0.2) is 5.78 Å². The monoisotopic (exact) mass is 362 g/mol. The summed E-state index contributed by atoms with van der Waals surface area (Å²) in [6.45, 7) is 6.29. The molecule has 26 heavy (non-hydrogen) atoms. The lowest BCUT2D eigenvalue weighted by Crippen LogP contribution is -2.27. The van der Waals surface area contributed by atoms with Gasteiger partial charge < -0.3 is 10.2 Å². The third-order valence-corrected chi connectivity index (χ3v) is 5.12. The van der Waals surface area contributed by atoms with Crippen LogP contribution in [0, 0.1) is 17.3 Å². The summed E-state index contributed by atoms with van der Waals surface area (Å²) in [5.74, 6) is -0.760. The van der Waals surface area contributed by atoms with Crippen LogP contribution >= 0.6 is 0 Å². The summed E-state index contributed by atoms with van der Waals surface area (Å²) in [5.41, 5.74) is -0.168. The molecule has 0 radical (unpaired) electrons. The number of carbonyl (C=O) groups is 2. The Morgan fingerprint density at radius 1 is 1.31 bits per heavy atom. The molecule has 1 rings (SSSR count). The average molecular weight is 363 g/mol. The van der Waals surface area contributed by atoms with Crippen molar-refractivity contribution in [2.75, 3.05) is 0 Å². The number of aliphatic carboxylic acids is 1. The van der Waals surface area contributed by atoms with E-state index in [0.717, 1.165) is 19.3 Å². The van der Waals surface area contributed by atoms with Gasteiger partial charge >= 0.3 is 5.97 Å². The van der Waals surface area contributed by atoms with Crippen molar-refractivity contribution in [2.45, 2.75) is 71.8 Å². The molecule has 146 valence electrons. The smallest absolute Gasteiger partial charge is 0.303 e. The van der Waals surface area contributed by atoms with Crippen LogP contribution in [0.25, 0.3) is 0 Å². The highest BCUT2D eigenvalue weighted by Crippen LogP contribution is 2.31. The predicted molar refractivity (Wildman–Crippen MR) is 105 cm³/mol. The maximum atomic E-state index is 12.1. The Kier molecular flexibility index (Phi) is 9.57. The largest absolute Gasteiger partial charge is 0.481 e. The van der Waals surface area contributed by atoms with Gasteiger partial charge in [-0.05, 0) is 37.2 Å². The van der Waals surface area contributed by atoms with Crippen molar-refractivity contribution < 1.29 is 19.8 Å². The lowest BCUT2D eigenvalue weighted by atomic mass is 9.80. The van der Waals surface area contributed by atoms with Gasteiger partial charge in [0.25, 0.3) is 0 Å². The zero-order chi connectivity index (χ0) is 19.6. The summed E-state index contributed by atoms with van der Waals surface area (Å²) in [5, 5.41) is 19.1. The molecule has 0 aromatic carbocycles. The molecule has 0 aromatic rings. The van der Waals surface area contributed by atoms with Crippen LogP contribution in [0.5, 0.6) is 0 Å². The van der Waals surface area contributed by atoms with E-state index in [2.05, 4.69) is 20.8 Å². The molecule has 0 spiro atoms. The van der Waals surface area contributed by atoms with Gasteiger partial charge in [-0.15, -0.1) is 0 Å². The quantitative estimate of drug-likeness (QED) is 0.390. The minimum Gasteiger partial charge on any atom is -0.481 e. The minimum atomic E-state index is -0.779. The first-order valence-electron chi connectivity index (χ1n) is 9.73. The Bertz CT molecular complexity index is 542. The number of carboxylic acid groups (broad SMARTS) is 1. The molecule has 4 heteroatoms. The van der Waals surface area contributed by atoms with Crippen molar-refractivity contribution in [3.8, 4) is 0 Å². The van der Waals surface area contributed by atoms with E-state index < -0.39 is 12.1 Å². The van der Waals surface area contributed by atoms with E-state index in [4.69, 9.17) is 5.11 Å². The molecule has 1 aliphatic carbocycles. The van der Waals surface area contributed by atoms with Gasteiger partial charge in [-0.1, -0.05) is 64.0 Å². The zero-order valence-corrected chi connectivity index (χ0v) is 16.4. The van der Waals surface area contributed by atoms with E-state index in [-0.39, 0.29) is 29.5 Å². The minimum absolute atomic E-state index is 0.0165. The number of unbranched alkanes of at least 4 members (excludes halogenated alkanes) is 2. The molecule has 0 saturated heterocycles. The van der Waals surface area contributed by atoms with Crippen molar-refractivity contribution >= 4 is 11.8 Å². The number of rotatable bonds is 12. The molecule has 3 atom stereocenters. The Hall–Kier alpha value is -1.68. The molecule has 0 fully saturated rings. The summed E-state index contributed by atoms with van der Waals surface area (Å²) in [7, 11) is 0. The van der Waals surface area contributed by atoms with Gasteiger partial charge in [0.1, 0.15) is 0 Å². The van der Waals surface area contributed by atoms with E-state index >= 15 is 0 Å². The molecule has 0 unspecified atom stereocenters. The van der Waals surface area contributed by atoms with Gasteiger partial charge in [0.05, 0.1) is 6.10 Å². The highest BCUT2D eigenvalue weighted by molar-refractivity contribution is 5.95. The molecule has 1 aliphatic rings. The lowest BCUT2D eigenvalue weighted by Gasteiger charge is -2.28. The first-order chi connectivity index (χ1) is 12.3. The summed E-state index contributed by atoms with van der Waals surface area (Å²) in [6, 6.07) is 0. The third kappa shape index (κ3) is 7.69. The van der Waals surface area contributed by atoms with E-state index in [1.807, 2.05) is 30.4 Å². The molecular formula is C22H34O4. The molecule has 0 bridgehead atoms. The first kappa shape index (κ1) is 22.4. The number of carboxylic acids is 1. The van der Waals surface area contributed by atoms with Crippen LogP contribution < -0.4 is 0 Å². The number of aliphatic hydroxyl groups excluding tert-OH is 1. The maximum Gasteiger partial charge on any atom is 0.303 e. The van der Waals surface area contributed by atoms with Crippen molar-refractivity contribution in [1.82, 2.24) is 0 Å². The van der Waals surface area contributed by atoms with Gasteiger partial charge in [-0.25, -0.2) is 0 Å². The SMILES string of the molecule is CCCCC(C)(C)[C@H](O)/C=C/[C@@H]1C=CC(=O)[C@@H]1C/C=C\CCCC(=O)O. The summed E-state index contributed by atoms with van der Waals surface area (Å²) in [4.78, 5) is 22.6. The van der Waals surface area contributed by atoms with E-state index in [0.29, 0.717) is 19.3 Å². The Labute approximate surface area is 157 Å². The molecule has 4 nitrogen and oxygen atoms in total. The number of carbonyl (C=O) groups excluding carboxylic acids is 1. The second kappa shape index (κ2) is 11.1. The van der Waals surface area contributed by atoms with Gasteiger partial charge in [-0.2, -0.15) is 0 Å². The highest BCUT2D eigenvalue weighted by Gasteiger charge is 2.29. The number of allylic oxidation sites excluding steroid dienone is 5. The van der Waals surface area contributed by atoms with Gasteiger partial charge in [0.2, 0.25) is 0 Å². The van der Waals surface area contributed by atoms with Gasteiger partial charge in [0, 0.05) is 18.3 Å². The molecule has 0 amide bonds. The fraction of sp³-hybridized carbons (Fsp3) is 0.636. The van der Waals surface area contributed by atoms with Crippen LogP contribution in [0.4, 0.5) is 0 Å². The van der Waals surface area contributed by atoms with Crippen LogP contribution in [0.15, 0.2) is 36.5 Å². The summed E-state index contributed by atoms with van der Waals surface area (Å²) < 4.78 is 0. The summed E-state index contributed by atoms with van der Waals surface area (Å²) >= 11 is 0. The standard InChI is InChI=1S/C22H34O4/c1-4-5-16-22(2,3)20(24)15-13-17-12-14-19(23)18(17)10-8-6-7-9-11-21(25)26/h6,8,12-15,17-18,20,24H,4-5,7,9-11,16H2,1-3H3,(H,25,26)/b8-6-,15-13+/t17-,18+,20+/m0/s1. The average Bonchev–Trinajstić information content (AvgIpc) is 2.93. The number of hydrogen-bond donors (Lipinski definition) is 2. The Morgan fingerprint density at radius 3 is 2.69 bits per heavy atom. The van der Waals surface area contributed by atoms with E-state index in [1.54, 1.807) is 6.08 Å². The Morgan fingerprint density at radius 2 is 2.04 bits per heavy atom. The van der Waals surface area contributed by atoms with Crippen LogP contribution in [0.3, 0.4) is 0 Å². The van der Waals surface area contributed by atoms with Crippen LogP contribution in [0.2, 0.25) is 0 Å². The fourth-order valence-corrected chi connectivity index (χ4v) is 3.13. The number of aliphatic hydroxyl groups is 1. The van der Waals surface area contributed by atoms with Crippen LogP contribution in [-0.2, 0) is 9.59 Å². The molecule has 0 saturated carbocycles.